The lowest BCUT2D eigenvalue weighted by molar-refractivity contribution is 0.0599. The summed E-state index contributed by atoms with van der Waals surface area (Å²) in [7, 11) is 1.12. The van der Waals surface area contributed by atoms with Crippen LogP contribution in [0.25, 0.3) is 22.4 Å². The van der Waals surface area contributed by atoms with E-state index < -0.39 is 29.2 Å². The van der Waals surface area contributed by atoms with Crippen LogP contribution in [0.3, 0.4) is 0 Å². The molecule has 1 aromatic heterocycles. The molecule has 0 radical (unpaired) electrons. The first kappa shape index (κ1) is 23.1. The summed E-state index contributed by atoms with van der Waals surface area (Å²) in [4.78, 5) is 43.8. The minimum Gasteiger partial charge on any atom is -0.507 e. The third-order valence-electron chi connectivity index (χ3n) is 4.96. The Morgan fingerprint density at radius 3 is 2.32 bits per heavy atom. The van der Waals surface area contributed by atoms with E-state index in [1.807, 2.05) is 0 Å². The number of fused-ring (bicyclic) bond motifs is 1. The third-order valence-corrected chi connectivity index (χ3v) is 5.69. The number of carboxylic acid groups (broad SMARTS) is 1. The van der Waals surface area contributed by atoms with Gasteiger partial charge in [-0.3, -0.25) is 4.79 Å². The van der Waals surface area contributed by atoms with Gasteiger partial charge in [-0.25, -0.2) is 14.6 Å². The first-order chi connectivity index (χ1) is 16.2. The number of nitrogens with zero attached hydrogens (tertiary/aromatic N) is 1. The second kappa shape index (κ2) is 9.05. The summed E-state index contributed by atoms with van der Waals surface area (Å²) in [6.07, 6.45) is 0. The molecule has 0 saturated carbocycles. The number of H-pyrrole nitrogens is 1. The van der Waals surface area contributed by atoms with E-state index >= 15 is 0 Å². The van der Waals surface area contributed by atoms with E-state index in [2.05, 4.69) is 20.0 Å². The summed E-state index contributed by atoms with van der Waals surface area (Å²) in [6, 6.07) is 11.6. The van der Waals surface area contributed by atoms with Crippen LogP contribution < -0.4 is 5.32 Å². The van der Waals surface area contributed by atoms with Crippen molar-refractivity contribution in [1.29, 1.82) is 0 Å². The number of hydrogen-bond donors (Lipinski definition) is 4. The van der Waals surface area contributed by atoms with E-state index in [9.17, 15) is 24.6 Å². The lowest BCUT2D eigenvalue weighted by Crippen LogP contribution is -2.16. The topological polar surface area (TPSA) is 142 Å². The van der Waals surface area contributed by atoms with E-state index in [0.717, 1.165) is 19.2 Å². The minimum absolute atomic E-state index is 0.123. The fourth-order valence-electron chi connectivity index (χ4n) is 3.26. The molecule has 0 unspecified atom stereocenters. The van der Waals surface area contributed by atoms with Gasteiger partial charge in [-0.05, 0) is 36.4 Å². The number of aromatic nitrogens is 2. The van der Waals surface area contributed by atoms with Crippen molar-refractivity contribution in [3.05, 3.63) is 75.3 Å². The molecule has 9 nitrogen and oxygen atoms in total. The molecular weight excluding hydrogens is 485 g/mol. The summed E-state index contributed by atoms with van der Waals surface area (Å²) in [5, 5.41) is 22.4. The largest absolute Gasteiger partial charge is 0.507 e. The maximum atomic E-state index is 12.8. The fraction of sp³-hybridized carbons (Fsp3) is 0.0435. The maximum absolute atomic E-state index is 12.8. The monoisotopic (exact) mass is 499 g/mol. The van der Waals surface area contributed by atoms with Crippen LogP contribution in [-0.2, 0) is 4.74 Å². The van der Waals surface area contributed by atoms with Gasteiger partial charge >= 0.3 is 11.9 Å². The molecule has 0 atom stereocenters. The third kappa shape index (κ3) is 4.39. The Hall–Kier alpha value is -4.08. The minimum atomic E-state index is -1.43. The average Bonchev–Trinajstić information content (AvgIpc) is 3.22. The number of aromatic carboxylic acids is 1. The molecule has 0 aliphatic heterocycles. The van der Waals surface area contributed by atoms with E-state index in [-0.39, 0.29) is 16.8 Å². The molecular formula is C23H15Cl2N3O6. The van der Waals surface area contributed by atoms with Crippen molar-refractivity contribution in [2.75, 3.05) is 12.4 Å². The number of carbonyl (C=O) groups excluding carboxylic acids is 2. The first-order valence-electron chi connectivity index (χ1n) is 9.63. The van der Waals surface area contributed by atoms with E-state index in [1.165, 1.54) is 12.1 Å². The zero-order valence-corrected chi connectivity index (χ0v) is 18.9. The molecule has 1 heterocycles. The van der Waals surface area contributed by atoms with Gasteiger partial charge in [0.2, 0.25) is 0 Å². The van der Waals surface area contributed by atoms with Crippen molar-refractivity contribution in [3.63, 3.8) is 0 Å². The van der Waals surface area contributed by atoms with Gasteiger partial charge in [0.25, 0.3) is 5.91 Å². The summed E-state index contributed by atoms with van der Waals surface area (Å²) < 4.78 is 4.65. The number of halogens is 2. The average molecular weight is 500 g/mol. The van der Waals surface area contributed by atoms with Gasteiger partial charge in [-0.1, -0.05) is 35.3 Å². The van der Waals surface area contributed by atoms with Crippen LogP contribution >= 0.6 is 23.2 Å². The Labute approximate surface area is 201 Å². The Morgan fingerprint density at radius 1 is 1.00 bits per heavy atom. The van der Waals surface area contributed by atoms with Crippen molar-refractivity contribution in [1.82, 2.24) is 9.97 Å². The number of aromatic amines is 1. The standard InChI is InChI=1S/C23H15Cl2N3O6/c1-34-23(33)12-7-19(29)13(22(31)32)6-16(12)28-21(30)11-4-2-10(3-5-11)20-26-17-8-14(24)15(25)9-18(17)27-20/h2-9,29H,1H3,(H,26,27)(H,28,30)(H,31,32). The summed E-state index contributed by atoms with van der Waals surface area (Å²) in [6.45, 7) is 0. The molecule has 0 aliphatic carbocycles. The number of nitrogens with one attached hydrogen (secondary N) is 2. The number of benzene rings is 3. The number of anilines is 1. The van der Waals surface area contributed by atoms with Gasteiger partial charge in [0.15, 0.2) is 0 Å². The molecule has 172 valence electrons. The van der Waals surface area contributed by atoms with Gasteiger partial charge in [0, 0.05) is 11.1 Å². The van der Waals surface area contributed by atoms with Gasteiger partial charge in [0.05, 0.1) is 39.4 Å². The molecule has 0 bridgehead atoms. The first-order valence-corrected chi connectivity index (χ1v) is 10.4. The molecule has 11 heteroatoms. The van der Waals surface area contributed by atoms with E-state index in [0.29, 0.717) is 32.5 Å². The van der Waals surface area contributed by atoms with Crippen LogP contribution in [0.15, 0.2) is 48.5 Å². The van der Waals surface area contributed by atoms with Crippen LogP contribution in [0, 0.1) is 0 Å². The predicted molar refractivity (Wildman–Crippen MR) is 126 cm³/mol. The van der Waals surface area contributed by atoms with Crippen molar-refractivity contribution >= 4 is 57.8 Å². The molecule has 4 rings (SSSR count). The van der Waals surface area contributed by atoms with Crippen LogP contribution in [-0.4, -0.2) is 45.1 Å². The Morgan fingerprint density at radius 2 is 1.68 bits per heavy atom. The molecule has 3 aromatic carbocycles. The highest BCUT2D eigenvalue weighted by Gasteiger charge is 2.21. The second-order valence-corrected chi connectivity index (χ2v) is 7.93. The van der Waals surface area contributed by atoms with E-state index in [4.69, 9.17) is 23.2 Å². The number of carboxylic acids is 1. The van der Waals surface area contributed by atoms with Crippen LogP contribution in [0.1, 0.15) is 31.1 Å². The molecule has 0 aliphatic rings. The number of carbonyl (C=O) groups is 3. The lowest BCUT2D eigenvalue weighted by Gasteiger charge is -2.12. The van der Waals surface area contributed by atoms with Gasteiger partial charge in [-0.15, -0.1) is 0 Å². The number of hydrogen-bond acceptors (Lipinski definition) is 6. The SMILES string of the molecule is COC(=O)c1cc(O)c(C(=O)O)cc1NC(=O)c1ccc(-c2nc3cc(Cl)c(Cl)cc3[nH]2)cc1. The molecule has 0 spiro atoms. The number of aromatic hydroxyl groups is 1. The van der Waals surface area contributed by atoms with Gasteiger partial charge < -0.3 is 25.3 Å². The van der Waals surface area contributed by atoms with Crippen LogP contribution in [0.2, 0.25) is 10.0 Å². The highest BCUT2D eigenvalue weighted by atomic mass is 35.5. The van der Waals surface area contributed by atoms with E-state index in [1.54, 1.807) is 24.3 Å². The summed E-state index contributed by atoms with van der Waals surface area (Å²) in [5.41, 5.74) is 1.44. The number of amides is 1. The molecule has 0 fully saturated rings. The van der Waals surface area contributed by atoms with Gasteiger partial charge in [0.1, 0.15) is 17.1 Å². The molecule has 1 amide bonds. The van der Waals surface area contributed by atoms with Crippen molar-refractivity contribution in [2.24, 2.45) is 0 Å². The smallest absolute Gasteiger partial charge is 0.340 e. The number of phenols is 1. The highest BCUT2D eigenvalue weighted by Crippen LogP contribution is 2.30. The van der Waals surface area contributed by atoms with Crippen LogP contribution in [0.5, 0.6) is 5.75 Å². The summed E-state index contributed by atoms with van der Waals surface area (Å²) >= 11 is 12.1. The zero-order valence-electron chi connectivity index (χ0n) is 17.3. The second-order valence-electron chi connectivity index (χ2n) is 7.11. The normalized spacial score (nSPS) is 10.8. The Bertz CT molecular complexity index is 1430. The lowest BCUT2D eigenvalue weighted by atomic mass is 10.1. The molecule has 34 heavy (non-hydrogen) atoms. The van der Waals surface area contributed by atoms with Gasteiger partial charge in [-0.2, -0.15) is 0 Å². The fourth-order valence-corrected chi connectivity index (χ4v) is 3.58. The number of ether oxygens (including phenoxy) is 1. The molecule has 4 N–H and O–H groups in total. The van der Waals surface area contributed by atoms with Crippen molar-refractivity contribution < 1.29 is 29.3 Å². The quantitative estimate of drug-likeness (QED) is 0.224. The van der Waals surface area contributed by atoms with Crippen molar-refractivity contribution in [3.8, 4) is 17.1 Å². The Balaban J connectivity index is 1.62. The number of methoxy groups -OCH3 is 1. The number of imidazole rings is 1. The highest BCUT2D eigenvalue weighted by molar-refractivity contribution is 6.42. The number of esters is 1. The summed E-state index contributed by atoms with van der Waals surface area (Å²) in [5.74, 6) is -2.99. The maximum Gasteiger partial charge on any atom is 0.340 e. The molecule has 4 aromatic rings. The molecule has 0 saturated heterocycles. The van der Waals surface area contributed by atoms with Crippen molar-refractivity contribution in [2.45, 2.75) is 0 Å². The van der Waals surface area contributed by atoms with Crippen LogP contribution in [0.4, 0.5) is 5.69 Å². The zero-order chi connectivity index (χ0) is 24.6. The predicted octanol–water partition coefficient (Wildman–Crippen LogP) is 4.98. The Kier molecular flexibility index (Phi) is 6.14. The number of rotatable bonds is 5.